The standard InChI is InChI=1S/C60H100O6/c1-4-7-10-13-16-19-22-25-28-29-30-31-33-35-38-41-44-47-50-53-59(62)65-56-57(55-64-58(61)52-49-46-43-40-37-34-27-24-21-18-15-12-9-6-3)66-60(63)54-51-48-45-42-39-36-32-26-23-20-17-14-11-8-5-2/h7,10,16-17,19-20,25-26,28,30-32,35,38-39,42,57H,4-6,8-9,11-15,18,21-24,27,29,33-34,36-37,40-41,43-56H2,1-3H3/b10-7-,19-16-,20-17-,28-25-,31-30-,32-26-,38-35-,42-39-/t57-/m1/s1. The number of esters is 3. The minimum Gasteiger partial charge on any atom is -0.462 e. The molecular formula is C60H100O6. The van der Waals surface area contributed by atoms with E-state index >= 15 is 0 Å². The molecule has 0 spiro atoms. The molecule has 0 aliphatic heterocycles. The van der Waals surface area contributed by atoms with E-state index in [1.807, 2.05) is 0 Å². The minimum atomic E-state index is -0.810. The van der Waals surface area contributed by atoms with Gasteiger partial charge in [0.05, 0.1) is 0 Å². The van der Waals surface area contributed by atoms with Gasteiger partial charge in [-0.15, -0.1) is 0 Å². The fourth-order valence-electron chi connectivity index (χ4n) is 7.24. The Bertz CT molecular complexity index is 1330. The van der Waals surface area contributed by atoms with Crippen LogP contribution in [0.15, 0.2) is 97.2 Å². The molecule has 6 nitrogen and oxygen atoms in total. The van der Waals surface area contributed by atoms with Crippen LogP contribution >= 0.6 is 0 Å². The first-order valence-corrected chi connectivity index (χ1v) is 27.2. The van der Waals surface area contributed by atoms with Crippen molar-refractivity contribution >= 4 is 17.9 Å². The highest BCUT2D eigenvalue weighted by Gasteiger charge is 2.19. The van der Waals surface area contributed by atoms with Crippen LogP contribution in [-0.4, -0.2) is 37.2 Å². The maximum atomic E-state index is 12.8. The van der Waals surface area contributed by atoms with E-state index in [1.54, 1.807) is 0 Å². The summed E-state index contributed by atoms with van der Waals surface area (Å²) in [7, 11) is 0. The summed E-state index contributed by atoms with van der Waals surface area (Å²) in [4.78, 5) is 38.0. The van der Waals surface area contributed by atoms with Crippen molar-refractivity contribution in [1.82, 2.24) is 0 Å². The monoisotopic (exact) mass is 917 g/mol. The molecule has 0 aromatic carbocycles. The lowest BCUT2D eigenvalue weighted by Crippen LogP contribution is -2.30. The molecule has 0 rings (SSSR count). The van der Waals surface area contributed by atoms with E-state index in [4.69, 9.17) is 14.2 Å². The van der Waals surface area contributed by atoms with Crippen molar-refractivity contribution in [2.45, 2.75) is 252 Å². The van der Waals surface area contributed by atoms with E-state index in [2.05, 4.69) is 118 Å². The number of hydrogen-bond acceptors (Lipinski definition) is 6. The second-order valence-corrected chi connectivity index (χ2v) is 17.8. The molecule has 0 unspecified atom stereocenters. The number of rotatable bonds is 48. The highest BCUT2D eigenvalue weighted by Crippen LogP contribution is 2.14. The van der Waals surface area contributed by atoms with Gasteiger partial charge in [0, 0.05) is 19.3 Å². The van der Waals surface area contributed by atoms with Crippen molar-refractivity contribution in [1.29, 1.82) is 0 Å². The minimum absolute atomic E-state index is 0.103. The average Bonchev–Trinajstić information content (AvgIpc) is 3.31. The first-order valence-electron chi connectivity index (χ1n) is 27.2. The zero-order valence-electron chi connectivity index (χ0n) is 42.9. The van der Waals surface area contributed by atoms with Gasteiger partial charge in [0.15, 0.2) is 6.10 Å². The fraction of sp³-hybridized carbons (Fsp3) is 0.683. The van der Waals surface area contributed by atoms with Crippen molar-refractivity contribution in [3.05, 3.63) is 97.2 Å². The van der Waals surface area contributed by atoms with E-state index < -0.39 is 6.10 Å². The first kappa shape index (κ1) is 62.3. The summed E-state index contributed by atoms with van der Waals surface area (Å²) >= 11 is 0. The molecule has 0 aliphatic carbocycles. The van der Waals surface area contributed by atoms with Gasteiger partial charge in [0.1, 0.15) is 13.2 Å². The number of unbranched alkanes of at least 4 members (excludes halogenated alkanes) is 21. The molecule has 66 heavy (non-hydrogen) atoms. The maximum Gasteiger partial charge on any atom is 0.306 e. The summed E-state index contributed by atoms with van der Waals surface area (Å²) in [6.07, 6.45) is 71.0. The lowest BCUT2D eigenvalue weighted by molar-refractivity contribution is -0.167. The Hall–Kier alpha value is -3.67. The lowest BCUT2D eigenvalue weighted by atomic mass is 10.0. The second kappa shape index (κ2) is 53.9. The van der Waals surface area contributed by atoms with Crippen LogP contribution in [0.5, 0.6) is 0 Å². The summed E-state index contributed by atoms with van der Waals surface area (Å²) in [5.74, 6) is -0.974. The molecule has 1 atom stereocenters. The molecule has 0 radical (unpaired) electrons. The van der Waals surface area contributed by atoms with Gasteiger partial charge >= 0.3 is 17.9 Å². The van der Waals surface area contributed by atoms with E-state index in [1.165, 1.54) is 96.3 Å². The molecular weight excluding hydrogens is 817 g/mol. The highest BCUT2D eigenvalue weighted by atomic mass is 16.6. The van der Waals surface area contributed by atoms with E-state index in [-0.39, 0.29) is 37.5 Å². The Kier molecular flexibility index (Phi) is 50.9. The number of ether oxygens (including phenoxy) is 3. The zero-order valence-corrected chi connectivity index (χ0v) is 42.9. The van der Waals surface area contributed by atoms with Gasteiger partial charge in [0.2, 0.25) is 0 Å². The van der Waals surface area contributed by atoms with E-state index in [0.717, 1.165) is 103 Å². The molecule has 6 heteroatoms. The molecule has 0 saturated heterocycles. The first-order chi connectivity index (χ1) is 32.5. The predicted molar refractivity (Wildman–Crippen MR) is 284 cm³/mol. The Morgan fingerprint density at radius 1 is 0.318 bits per heavy atom. The molecule has 0 bridgehead atoms. The molecule has 0 aliphatic rings. The number of allylic oxidation sites excluding steroid dienone is 16. The summed E-state index contributed by atoms with van der Waals surface area (Å²) in [6.45, 7) is 6.44. The zero-order chi connectivity index (χ0) is 47.9. The Balaban J connectivity index is 4.50. The van der Waals surface area contributed by atoms with Gasteiger partial charge in [-0.25, -0.2) is 0 Å². The normalized spacial score (nSPS) is 12.8. The molecule has 0 saturated carbocycles. The quantitative estimate of drug-likeness (QED) is 0.0262. The molecule has 0 N–H and O–H groups in total. The van der Waals surface area contributed by atoms with Gasteiger partial charge in [-0.1, -0.05) is 221 Å². The van der Waals surface area contributed by atoms with Crippen LogP contribution in [0.1, 0.15) is 245 Å². The summed E-state index contributed by atoms with van der Waals surface area (Å²) in [5.41, 5.74) is 0. The fourth-order valence-corrected chi connectivity index (χ4v) is 7.24. The topological polar surface area (TPSA) is 78.9 Å². The van der Waals surface area contributed by atoms with Crippen molar-refractivity contribution < 1.29 is 28.6 Å². The molecule has 0 amide bonds. The highest BCUT2D eigenvalue weighted by molar-refractivity contribution is 5.71. The summed E-state index contributed by atoms with van der Waals surface area (Å²) in [6, 6.07) is 0. The Morgan fingerprint density at radius 2 is 0.591 bits per heavy atom. The second-order valence-electron chi connectivity index (χ2n) is 17.8. The largest absolute Gasteiger partial charge is 0.462 e. The summed E-state index contributed by atoms with van der Waals surface area (Å²) < 4.78 is 16.8. The van der Waals surface area contributed by atoms with Crippen molar-refractivity contribution in [2.24, 2.45) is 0 Å². The SMILES string of the molecule is CC/C=C\C/C=C\C/C=C\C/C=C\C/C=C\CCCCCC(=O)OC[C@@H](COC(=O)CCCCCCCCCCCCCCCC)OC(=O)CCCC/C=C\C/C=C\C/C=C\CCCCC. The van der Waals surface area contributed by atoms with Crippen LogP contribution in [0.3, 0.4) is 0 Å². The summed E-state index contributed by atoms with van der Waals surface area (Å²) in [5, 5.41) is 0. The lowest BCUT2D eigenvalue weighted by Gasteiger charge is -2.18. The van der Waals surface area contributed by atoms with Gasteiger partial charge < -0.3 is 14.2 Å². The van der Waals surface area contributed by atoms with Gasteiger partial charge in [-0.3, -0.25) is 14.4 Å². The number of carbonyl (C=O) groups is 3. The smallest absolute Gasteiger partial charge is 0.306 e. The third kappa shape index (κ3) is 51.3. The van der Waals surface area contributed by atoms with E-state index in [9.17, 15) is 14.4 Å². The molecule has 376 valence electrons. The predicted octanol–water partition coefficient (Wildman–Crippen LogP) is 18.1. The van der Waals surface area contributed by atoms with Crippen molar-refractivity contribution in [3.63, 3.8) is 0 Å². The third-order valence-electron chi connectivity index (χ3n) is 11.3. The number of hydrogen-bond donors (Lipinski definition) is 0. The average molecular weight is 917 g/mol. The van der Waals surface area contributed by atoms with Gasteiger partial charge in [-0.05, 0) is 103 Å². The number of carbonyl (C=O) groups excluding carboxylic acids is 3. The Labute approximate surface area is 407 Å². The van der Waals surface area contributed by atoms with Gasteiger partial charge in [-0.2, -0.15) is 0 Å². The van der Waals surface area contributed by atoms with Crippen LogP contribution in [0.2, 0.25) is 0 Å². The van der Waals surface area contributed by atoms with Crippen LogP contribution in [0.25, 0.3) is 0 Å². The molecule has 0 heterocycles. The van der Waals surface area contributed by atoms with Crippen LogP contribution in [-0.2, 0) is 28.6 Å². The van der Waals surface area contributed by atoms with Crippen LogP contribution in [0.4, 0.5) is 0 Å². The molecule has 0 aromatic heterocycles. The van der Waals surface area contributed by atoms with Crippen LogP contribution < -0.4 is 0 Å². The maximum absolute atomic E-state index is 12.8. The van der Waals surface area contributed by atoms with Crippen molar-refractivity contribution in [3.8, 4) is 0 Å². The van der Waals surface area contributed by atoms with Crippen LogP contribution in [0, 0.1) is 0 Å². The molecule has 0 aromatic rings. The van der Waals surface area contributed by atoms with E-state index in [0.29, 0.717) is 19.3 Å². The third-order valence-corrected chi connectivity index (χ3v) is 11.3. The Morgan fingerprint density at radius 3 is 0.985 bits per heavy atom. The van der Waals surface area contributed by atoms with Crippen molar-refractivity contribution in [2.75, 3.05) is 13.2 Å². The molecule has 0 fully saturated rings. The van der Waals surface area contributed by atoms with Gasteiger partial charge in [0.25, 0.3) is 0 Å².